The van der Waals surface area contributed by atoms with Gasteiger partial charge in [0.2, 0.25) is 5.91 Å². The monoisotopic (exact) mass is 348 g/mol. The van der Waals surface area contributed by atoms with E-state index in [9.17, 15) is 4.79 Å². The molecule has 0 aliphatic rings. The number of hydrogen-bond acceptors (Lipinski definition) is 1. The van der Waals surface area contributed by atoms with E-state index < -0.39 is 0 Å². The molecule has 1 N–H and O–H groups in total. The van der Waals surface area contributed by atoms with E-state index in [1.165, 1.54) is 11.1 Å². The molecule has 4 heteroatoms. The van der Waals surface area contributed by atoms with E-state index in [4.69, 9.17) is 0 Å². The van der Waals surface area contributed by atoms with Crippen LogP contribution in [0.25, 0.3) is 0 Å². The highest BCUT2D eigenvalue weighted by atomic mass is 79.9. The third-order valence-electron chi connectivity index (χ3n) is 3.31. The third kappa shape index (κ3) is 5.31. The van der Waals surface area contributed by atoms with Crippen molar-refractivity contribution in [2.24, 2.45) is 0 Å². The quantitative estimate of drug-likeness (QED) is 0.771. The Morgan fingerprint density at radius 2 is 1.71 bits per heavy atom. The fourth-order valence-electron chi connectivity index (χ4n) is 2.08. The van der Waals surface area contributed by atoms with E-state index in [0.29, 0.717) is 13.0 Å². The lowest BCUT2D eigenvalue weighted by Crippen LogP contribution is -3.00. The van der Waals surface area contributed by atoms with E-state index in [1.54, 1.807) is 0 Å². The molecule has 0 atom stereocenters. The number of nitrogens with one attached hydrogen (secondary N) is 1. The Morgan fingerprint density at radius 3 is 2.33 bits per heavy atom. The molecular formula is C17H21BrN2O. The van der Waals surface area contributed by atoms with Crippen molar-refractivity contribution >= 4 is 11.6 Å². The van der Waals surface area contributed by atoms with Gasteiger partial charge >= 0.3 is 0 Å². The van der Waals surface area contributed by atoms with Crippen LogP contribution in [-0.4, -0.2) is 5.91 Å². The van der Waals surface area contributed by atoms with Crippen LogP contribution in [0.15, 0.2) is 42.7 Å². The molecule has 1 aromatic heterocycles. The van der Waals surface area contributed by atoms with Crippen LogP contribution >= 0.6 is 0 Å². The second-order valence-electron chi connectivity index (χ2n) is 5.23. The maximum Gasteiger partial charge on any atom is 0.230 e. The van der Waals surface area contributed by atoms with Crippen molar-refractivity contribution < 1.29 is 26.3 Å². The summed E-state index contributed by atoms with van der Waals surface area (Å²) in [6, 6.07) is 10.1. The molecule has 3 nitrogen and oxygen atoms in total. The summed E-state index contributed by atoms with van der Waals surface area (Å²) < 4.78 is 2.02. The van der Waals surface area contributed by atoms with Gasteiger partial charge in [0.25, 0.3) is 0 Å². The van der Waals surface area contributed by atoms with Crippen LogP contribution in [0.2, 0.25) is 0 Å². The summed E-state index contributed by atoms with van der Waals surface area (Å²) in [6.07, 6.45) is 4.47. The number of aromatic nitrogens is 1. The fraction of sp³-hybridized carbons (Fsp3) is 0.294. The fourth-order valence-corrected chi connectivity index (χ4v) is 2.08. The summed E-state index contributed by atoms with van der Waals surface area (Å²) >= 11 is 0. The highest BCUT2D eigenvalue weighted by Crippen LogP contribution is 2.16. The zero-order valence-electron chi connectivity index (χ0n) is 12.7. The molecule has 0 aliphatic heterocycles. The molecule has 2 rings (SSSR count). The van der Waals surface area contributed by atoms with Crippen molar-refractivity contribution in [2.75, 3.05) is 5.32 Å². The Hall–Kier alpha value is -1.68. The molecule has 0 saturated heterocycles. The summed E-state index contributed by atoms with van der Waals surface area (Å²) in [6.45, 7) is 6.80. The van der Waals surface area contributed by atoms with Gasteiger partial charge in [-0.05, 0) is 38.0 Å². The third-order valence-corrected chi connectivity index (χ3v) is 3.31. The minimum Gasteiger partial charge on any atom is -1.00 e. The van der Waals surface area contributed by atoms with Crippen LogP contribution in [-0.2, 0) is 11.3 Å². The Balaban J connectivity index is 0.00000220. The lowest BCUT2D eigenvalue weighted by molar-refractivity contribution is -0.695. The standard InChI is InChI=1S/C17H20N2O.BrH/c1-13-6-9-19(10-7-13)11-8-17(20)18-16-5-4-14(2)12-15(16)3;/h4-7,9-10,12H,8,11H2,1-3H3;1H. The summed E-state index contributed by atoms with van der Waals surface area (Å²) in [5, 5.41) is 2.97. The van der Waals surface area contributed by atoms with Crippen molar-refractivity contribution in [3.8, 4) is 0 Å². The van der Waals surface area contributed by atoms with E-state index in [-0.39, 0.29) is 22.9 Å². The van der Waals surface area contributed by atoms with Gasteiger partial charge in [-0.25, -0.2) is 4.57 Å². The second-order valence-corrected chi connectivity index (χ2v) is 5.23. The van der Waals surface area contributed by atoms with Crippen LogP contribution < -0.4 is 26.9 Å². The van der Waals surface area contributed by atoms with Crippen molar-refractivity contribution in [1.29, 1.82) is 0 Å². The minimum absolute atomic E-state index is 0. The molecule has 0 spiro atoms. The number of carbonyl (C=O) groups excluding carboxylic acids is 1. The Kier molecular flexibility index (Phi) is 6.56. The molecule has 0 radical (unpaired) electrons. The molecule has 1 amide bonds. The number of pyridine rings is 1. The predicted molar refractivity (Wildman–Crippen MR) is 80.5 cm³/mol. The molecule has 0 saturated carbocycles. The summed E-state index contributed by atoms with van der Waals surface area (Å²) in [4.78, 5) is 12.0. The molecule has 21 heavy (non-hydrogen) atoms. The van der Waals surface area contributed by atoms with Gasteiger partial charge in [0.15, 0.2) is 18.9 Å². The smallest absolute Gasteiger partial charge is 0.230 e. The number of nitrogens with zero attached hydrogens (tertiary/aromatic N) is 1. The van der Waals surface area contributed by atoms with Crippen LogP contribution in [0.3, 0.4) is 0 Å². The van der Waals surface area contributed by atoms with Gasteiger partial charge in [-0.3, -0.25) is 4.79 Å². The van der Waals surface area contributed by atoms with E-state index in [1.807, 2.05) is 55.1 Å². The zero-order chi connectivity index (χ0) is 14.5. The maximum atomic E-state index is 12.0. The zero-order valence-corrected chi connectivity index (χ0v) is 14.3. The second kappa shape index (κ2) is 7.93. The number of anilines is 1. The molecule has 112 valence electrons. The molecule has 0 unspecified atom stereocenters. The van der Waals surface area contributed by atoms with Gasteiger partial charge in [-0.2, -0.15) is 0 Å². The first kappa shape index (κ1) is 17.4. The number of hydrogen-bond donors (Lipinski definition) is 1. The van der Waals surface area contributed by atoms with Crippen LogP contribution in [0.4, 0.5) is 5.69 Å². The van der Waals surface area contributed by atoms with Crippen LogP contribution in [0.1, 0.15) is 23.1 Å². The lowest BCUT2D eigenvalue weighted by atomic mass is 10.1. The number of carbonyl (C=O) groups is 1. The Labute approximate surface area is 136 Å². The van der Waals surface area contributed by atoms with Crippen molar-refractivity contribution in [3.05, 3.63) is 59.4 Å². The van der Waals surface area contributed by atoms with Crippen LogP contribution in [0.5, 0.6) is 0 Å². The number of aryl methyl sites for hydroxylation is 4. The first-order chi connectivity index (χ1) is 9.54. The highest BCUT2D eigenvalue weighted by Gasteiger charge is 2.08. The molecule has 2 aromatic rings. The predicted octanol–water partition coefficient (Wildman–Crippen LogP) is -0.0678. The molecular weight excluding hydrogens is 328 g/mol. The largest absolute Gasteiger partial charge is 1.00 e. The molecule has 0 bridgehead atoms. The average Bonchev–Trinajstić information content (AvgIpc) is 2.41. The summed E-state index contributed by atoms with van der Waals surface area (Å²) in [7, 11) is 0. The Morgan fingerprint density at radius 1 is 1.05 bits per heavy atom. The summed E-state index contributed by atoms with van der Waals surface area (Å²) in [5.41, 5.74) is 4.42. The van der Waals surface area contributed by atoms with Gasteiger partial charge in [-0.1, -0.05) is 17.7 Å². The lowest BCUT2D eigenvalue weighted by Gasteiger charge is -2.08. The van der Waals surface area contributed by atoms with E-state index in [2.05, 4.69) is 18.3 Å². The number of benzene rings is 1. The summed E-state index contributed by atoms with van der Waals surface area (Å²) in [5.74, 6) is 0.0463. The van der Waals surface area contributed by atoms with E-state index >= 15 is 0 Å². The van der Waals surface area contributed by atoms with Crippen LogP contribution in [0, 0.1) is 20.8 Å². The first-order valence-electron chi connectivity index (χ1n) is 6.87. The average molecular weight is 349 g/mol. The number of halogens is 1. The van der Waals surface area contributed by atoms with Crippen molar-refractivity contribution in [2.45, 2.75) is 33.7 Å². The number of amides is 1. The topological polar surface area (TPSA) is 33.0 Å². The Bertz CT molecular complexity index is 609. The van der Waals surface area contributed by atoms with Gasteiger partial charge in [0, 0.05) is 17.8 Å². The van der Waals surface area contributed by atoms with Crippen molar-refractivity contribution in [1.82, 2.24) is 0 Å². The highest BCUT2D eigenvalue weighted by molar-refractivity contribution is 5.91. The molecule has 1 aromatic carbocycles. The minimum atomic E-state index is 0. The normalized spacial score (nSPS) is 9.86. The van der Waals surface area contributed by atoms with Gasteiger partial charge in [0.1, 0.15) is 0 Å². The van der Waals surface area contributed by atoms with Crippen molar-refractivity contribution in [3.63, 3.8) is 0 Å². The maximum absolute atomic E-state index is 12.0. The SMILES string of the molecule is Cc1cc[n+](CCC(=O)Nc2ccc(C)cc2C)cc1.[Br-]. The van der Waals surface area contributed by atoms with Gasteiger partial charge in [-0.15, -0.1) is 0 Å². The van der Waals surface area contributed by atoms with E-state index in [0.717, 1.165) is 11.3 Å². The number of rotatable bonds is 4. The first-order valence-corrected chi connectivity index (χ1v) is 6.87. The van der Waals surface area contributed by atoms with Gasteiger partial charge in [0.05, 0.1) is 6.42 Å². The molecule has 0 fully saturated rings. The molecule has 1 heterocycles. The van der Waals surface area contributed by atoms with Gasteiger partial charge < -0.3 is 22.3 Å². The molecule has 0 aliphatic carbocycles.